The lowest BCUT2D eigenvalue weighted by Crippen LogP contribution is -2.39. The van der Waals surface area contributed by atoms with Crippen molar-refractivity contribution in [1.29, 1.82) is 0 Å². The molecule has 1 aromatic rings. The monoisotopic (exact) mass is 388 g/mol. The van der Waals surface area contributed by atoms with Crippen molar-refractivity contribution in [3.05, 3.63) is 42.0 Å². The second kappa shape index (κ2) is 6.06. The lowest BCUT2D eigenvalue weighted by atomic mass is 9.78. The molecule has 4 rings (SSSR count). The van der Waals surface area contributed by atoms with Crippen molar-refractivity contribution < 1.29 is 8.42 Å². The van der Waals surface area contributed by atoms with Crippen molar-refractivity contribution in [2.75, 3.05) is 0 Å². The van der Waals surface area contributed by atoms with E-state index in [1.165, 1.54) is 31.7 Å². The first-order valence-corrected chi connectivity index (χ1v) is 15.4. The fourth-order valence-electron chi connectivity index (χ4n) is 6.42. The van der Waals surface area contributed by atoms with Gasteiger partial charge in [-0.1, -0.05) is 62.3 Å². The Hall–Kier alpha value is -0.873. The molecule has 26 heavy (non-hydrogen) atoms. The largest absolute Gasteiger partial charge is 0.223 e. The van der Waals surface area contributed by atoms with Crippen LogP contribution >= 0.6 is 0 Å². The molecule has 2 fully saturated rings. The predicted octanol–water partition coefficient (Wildman–Crippen LogP) is 5.47. The van der Waals surface area contributed by atoms with Crippen LogP contribution in [0, 0.1) is 30.1 Å². The molecule has 3 aliphatic carbocycles. The predicted molar refractivity (Wildman–Crippen MR) is 111 cm³/mol. The van der Waals surface area contributed by atoms with Crippen LogP contribution in [0.1, 0.15) is 31.2 Å². The standard InChI is InChI=1S/C22H32O2SSi/c1-16-8-10-18(11-9-16)25(23,24)20-12-13-22(15-26(2,3)4)14-17-6-5-7-19(17)21(20)22/h8-13,17,19-21H,5-7,14-15H2,1-4H3/t17?,19?,20-,21?,22+/m0/s1. The Balaban J connectivity index is 1.74. The molecule has 2 saturated carbocycles. The molecule has 3 aliphatic rings. The minimum absolute atomic E-state index is 0.142. The van der Waals surface area contributed by atoms with Crippen LogP contribution in [0.15, 0.2) is 41.3 Å². The van der Waals surface area contributed by atoms with Gasteiger partial charge in [-0.05, 0) is 61.1 Å². The first kappa shape index (κ1) is 18.5. The fraction of sp³-hybridized carbons (Fsp3) is 0.636. The highest BCUT2D eigenvalue weighted by atomic mass is 32.2. The van der Waals surface area contributed by atoms with E-state index in [9.17, 15) is 8.42 Å². The molecule has 0 saturated heterocycles. The molecule has 5 atom stereocenters. The van der Waals surface area contributed by atoms with Crippen molar-refractivity contribution in [3.63, 3.8) is 0 Å². The van der Waals surface area contributed by atoms with Gasteiger partial charge in [0.25, 0.3) is 0 Å². The number of hydrogen-bond donors (Lipinski definition) is 0. The van der Waals surface area contributed by atoms with E-state index in [2.05, 4.69) is 31.8 Å². The summed E-state index contributed by atoms with van der Waals surface area (Å²) in [5, 5.41) is -0.324. The minimum atomic E-state index is -3.31. The Morgan fingerprint density at radius 3 is 2.46 bits per heavy atom. The second-order valence-electron chi connectivity index (χ2n) is 10.2. The van der Waals surface area contributed by atoms with E-state index in [4.69, 9.17) is 0 Å². The van der Waals surface area contributed by atoms with Gasteiger partial charge >= 0.3 is 0 Å². The van der Waals surface area contributed by atoms with Crippen molar-refractivity contribution in [2.24, 2.45) is 23.2 Å². The molecule has 0 heterocycles. The Bertz CT molecular complexity index is 819. The summed E-state index contributed by atoms with van der Waals surface area (Å²) in [6.07, 6.45) is 9.47. The molecule has 142 valence electrons. The fourth-order valence-corrected chi connectivity index (χ4v) is 10.9. The molecule has 1 aromatic carbocycles. The zero-order valence-electron chi connectivity index (χ0n) is 16.5. The van der Waals surface area contributed by atoms with E-state index in [-0.39, 0.29) is 10.7 Å². The third-order valence-corrected chi connectivity index (χ3v) is 10.8. The quantitative estimate of drug-likeness (QED) is 0.506. The van der Waals surface area contributed by atoms with Gasteiger partial charge in [-0.3, -0.25) is 0 Å². The van der Waals surface area contributed by atoms with Crippen molar-refractivity contribution >= 4 is 17.9 Å². The summed E-state index contributed by atoms with van der Waals surface area (Å²) in [5.41, 5.74) is 1.25. The van der Waals surface area contributed by atoms with Gasteiger partial charge in [0, 0.05) is 8.07 Å². The van der Waals surface area contributed by atoms with Crippen LogP contribution in [0.3, 0.4) is 0 Å². The van der Waals surface area contributed by atoms with Gasteiger partial charge < -0.3 is 0 Å². The van der Waals surface area contributed by atoms with Crippen LogP contribution < -0.4 is 0 Å². The van der Waals surface area contributed by atoms with Crippen molar-refractivity contribution in [1.82, 2.24) is 0 Å². The third-order valence-electron chi connectivity index (χ3n) is 7.02. The molecular weight excluding hydrogens is 356 g/mol. The summed E-state index contributed by atoms with van der Waals surface area (Å²) in [6, 6.07) is 8.69. The van der Waals surface area contributed by atoms with Crippen LogP contribution in [-0.2, 0) is 9.84 Å². The molecule has 0 radical (unpaired) electrons. The molecule has 0 bridgehead atoms. The highest BCUT2D eigenvalue weighted by molar-refractivity contribution is 7.92. The van der Waals surface area contributed by atoms with Crippen molar-refractivity contribution in [2.45, 2.75) is 68.4 Å². The van der Waals surface area contributed by atoms with E-state index < -0.39 is 17.9 Å². The number of hydrogen-bond acceptors (Lipinski definition) is 2. The summed E-state index contributed by atoms with van der Waals surface area (Å²) in [7, 11) is -4.60. The average molecular weight is 389 g/mol. The summed E-state index contributed by atoms with van der Waals surface area (Å²) in [5.74, 6) is 1.65. The Labute approximate surface area is 160 Å². The summed E-state index contributed by atoms with van der Waals surface area (Å²) in [6.45, 7) is 9.30. The van der Waals surface area contributed by atoms with Crippen LogP contribution in [0.2, 0.25) is 25.7 Å². The van der Waals surface area contributed by atoms with Gasteiger partial charge in [0.1, 0.15) is 0 Å². The number of benzene rings is 1. The van der Waals surface area contributed by atoms with Gasteiger partial charge in [-0.25, -0.2) is 8.42 Å². The zero-order chi connectivity index (χ0) is 18.7. The molecule has 0 aromatic heterocycles. The molecule has 0 aliphatic heterocycles. The first-order chi connectivity index (χ1) is 12.1. The first-order valence-electron chi connectivity index (χ1n) is 10.1. The average Bonchev–Trinajstić information content (AvgIpc) is 3.15. The summed E-state index contributed by atoms with van der Waals surface area (Å²) < 4.78 is 27.1. The van der Waals surface area contributed by atoms with Gasteiger partial charge in [-0.15, -0.1) is 0 Å². The molecular formula is C22H32O2SSi. The Kier molecular flexibility index (Phi) is 4.31. The van der Waals surface area contributed by atoms with Gasteiger partial charge in [0.05, 0.1) is 10.1 Å². The topological polar surface area (TPSA) is 34.1 Å². The van der Waals surface area contributed by atoms with Crippen LogP contribution in [0.4, 0.5) is 0 Å². The minimum Gasteiger partial charge on any atom is -0.223 e. The SMILES string of the molecule is Cc1ccc(S(=O)(=O)[C@H]2C=C[C@]3(C[Si](C)(C)C)CC4CCCC4C23)cc1. The van der Waals surface area contributed by atoms with Crippen LogP contribution in [-0.4, -0.2) is 21.7 Å². The zero-order valence-corrected chi connectivity index (χ0v) is 18.4. The van der Waals surface area contributed by atoms with Crippen molar-refractivity contribution in [3.8, 4) is 0 Å². The second-order valence-corrected chi connectivity index (χ2v) is 17.8. The maximum Gasteiger partial charge on any atom is 0.185 e. The van der Waals surface area contributed by atoms with Crippen LogP contribution in [0.5, 0.6) is 0 Å². The molecule has 0 amide bonds. The third kappa shape index (κ3) is 2.93. The van der Waals surface area contributed by atoms with E-state index in [0.717, 1.165) is 11.5 Å². The Morgan fingerprint density at radius 1 is 1.12 bits per heavy atom. The number of allylic oxidation sites excluding steroid dienone is 1. The van der Waals surface area contributed by atoms with E-state index >= 15 is 0 Å². The summed E-state index contributed by atoms with van der Waals surface area (Å²) in [4.78, 5) is 0.503. The highest BCUT2D eigenvalue weighted by Crippen LogP contribution is 2.65. The lowest BCUT2D eigenvalue weighted by molar-refractivity contribution is 0.269. The maximum atomic E-state index is 13.5. The molecule has 2 nitrogen and oxygen atoms in total. The number of aryl methyl sites for hydroxylation is 1. The summed E-state index contributed by atoms with van der Waals surface area (Å²) >= 11 is 0. The molecule has 4 heteroatoms. The maximum absolute atomic E-state index is 13.5. The molecule has 0 N–H and O–H groups in total. The Morgan fingerprint density at radius 2 is 1.81 bits per heavy atom. The van der Waals surface area contributed by atoms with Crippen LogP contribution in [0.25, 0.3) is 0 Å². The molecule has 0 spiro atoms. The highest BCUT2D eigenvalue weighted by Gasteiger charge is 2.61. The van der Waals surface area contributed by atoms with E-state index in [1.807, 2.05) is 19.1 Å². The lowest BCUT2D eigenvalue weighted by Gasteiger charge is -2.38. The molecule has 3 unspecified atom stereocenters. The van der Waals surface area contributed by atoms with Gasteiger partial charge in [0.2, 0.25) is 0 Å². The van der Waals surface area contributed by atoms with Gasteiger partial charge in [-0.2, -0.15) is 0 Å². The van der Waals surface area contributed by atoms with E-state index in [1.54, 1.807) is 12.1 Å². The normalized spacial score (nSPS) is 36.3. The van der Waals surface area contributed by atoms with Gasteiger partial charge in [0.15, 0.2) is 9.84 Å². The number of rotatable bonds is 4. The van der Waals surface area contributed by atoms with E-state index in [0.29, 0.717) is 16.7 Å². The number of fused-ring (bicyclic) bond motifs is 3. The number of sulfone groups is 1. The smallest absolute Gasteiger partial charge is 0.185 e.